The van der Waals surface area contributed by atoms with Crippen molar-refractivity contribution in [3.05, 3.63) is 136 Å². The number of hydrogen-bond acceptors (Lipinski definition) is 1. The van der Waals surface area contributed by atoms with Crippen molar-refractivity contribution in [2.45, 2.75) is 66.2 Å². The molecular weight excluding hydrogens is 502 g/mol. The van der Waals surface area contributed by atoms with Gasteiger partial charge < -0.3 is 5.73 Å². The number of nitrogens with two attached hydrogens (primary N) is 1. The van der Waals surface area contributed by atoms with E-state index in [0.717, 1.165) is 11.3 Å². The Morgan fingerprint density at radius 1 is 0.611 bits per heavy atom. The molecule has 0 heterocycles. The highest BCUT2D eigenvalue weighted by Crippen LogP contribution is 2.23. The van der Waals surface area contributed by atoms with Gasteiger partial charge in [-0.2, -0.15) is 0 Å². The van der Waals surface area contributed by atoms with Gasteiger partial charge in [0.25, 0.3) is 0 Å². The Morgan fingerprint density at radius 2 is 1.00 bits per heavy atom. The van der Waals surface area contributed by atoms with Crippen LogP contribution in [0.2, 0.25) is 0 Å². The molecule has 1 nitrogen and oxygen atoms in total. The number of benzene rings is 4. The van der Waals surface area contributed by atoms with Gasteiger partial charge >= 0.3 is 0 Å². The van der Waals surface area contributed by atoms with E-state index in [1.165, 1.54) is 11.1 Å². The molecule has 0 aliphatic rings. The van der Waals surface area contributed by atoms with Gasteiger partial charge in [-0.1, -0.05) is 150 Å². The lowest BCUT2D eigenvalue weighted by atomic mass is 9.86. The highest BCUT2D eigenvalue weighted by Gasteiger charge is 2.13. The third-order valence-corrected chi connectivity index (χ3v) is 5.40. The molecule has 0 saturated carbocycles. The quantitative estimate of drug-likeness (QED) is 0.244. The van der Waals surface area contributed by atoms with Crippen molar-refractivity contribution in [1.82, 2.24) is 0 Å². The van der Waals surface area contributed by atoms with E-state index in [-0.39, 0.29) is 83.2 Å². The van der Waals surface area contributed by atoms with Crippen LogP contribution in [0.1, 0.15) is 84.9 Å². The second-order valence-electron chi connectivity index (χ2n) is 10.0. The SMILES string of the molecule is C.CC(C)(C)c1ccc(N)cc1.[2H]c1c([2H])c([2H])c(Br)c([2H])c1[2H].[2H]c1c([2H])c([2H])c(Cc2ccc(C(C)(C)C)cc2)c([2H])c1[2H]. The number of halogens is 1. The minimum atomic E-state index is -0.367. The summed E-state index contributed by atoms with van der Waals surface area (Å²) >= 11 is 2.92. The molecule has 192 valence electrons. The molecule has 0 aromatic heterocycles. The predicted molar refractivity (Wildman–Crippen MR) is 165 cm³/mol. The Kier molecular flexibility index (Phi) is 7.49. The number of hydrogen-bond donors (Lipinski definition) is 1. The first kappa shape index (κ1) is 18.4. The number of anilines is 1. The molecule has 0 fully saturated rings. The molecule has 0 amide bonds. The molecule has 2 N–H and O–H groups in total. The lowest BCUT2D eigenvalue weighted by molar-refractivity contribution is 0.590. The maximum Gasteiger partial charge on any atom is 0.0635 e. The minimum absolute atomic E-state index is 0. The number of nitrogen functional groups attached to an aromatic ring is 1. The summed E-state index contributed by atoms with van der Waals surface area (Å²) in [4.78, 5) is 0. The summed E-state index contributed by atoms with van der Waals surface area (Å²) in [5.74, 6) is 0. The smallest absolute Gasteiger partial charge is 0.0635 e. The van der Waals surface area contributed by atoms with Gasteiger partial charge in [0, 0.05) is 10.2 Å². The average Bonchev–Trinajstić information content (AvgIpc) is 2.98. The first-order valence-corrected chi connectivity index (χ1v) is 12.1. The lowest BCUT2D eigenvalue weighted by Crippen LogP contribution is -2.10. The van der Waals surface area contributed by atoms with Gasteiger partial charge in [0.2, 0.25) is 0 Å². The summed E-state index contributed by atoms with van der Waals surface area (Å²) in [5, 5.41) is 0. The molecule has 2 heteroatoms. The molecule has 0 spiro atoms. The van der Waals surface area contributed by atoms with Crippen LogP contribution < -0.4 is 5.73 Å². The van der Waals surface area contributed by atoms with Gasteiger partial charge in [-0.15, -0.1) is 0 Å². The summed E-state index contributed by atoms with van der Waals surface area (Å²) in [6.07, 6.45) is 0.333. The van der Waals surface area contributed by atoms with Gasteiger partial charge in [-0.05, 0) is 63.7 Å². The molecule has 0 aliphatic heterocycles. The van der Waals surface area contributed by atoms with E-state index in [1.54, 1.807) is 0 Å². The molecule has 0 atom stereocenters. The molecule has 0 unspecified atom stereocenters. The van der Waals surface area contributed by atoms with Crippen LogP contribution in [0.4, 0.5) is 5.69 Å². The van der Waals surface area contributed by atoms with Crippen molar-refractivity contribution in [2.75, 3.05) is 5.73 Å². The summed E-state index contributed by atoms with van der Waals surface area (Å²) < 4.78 is 75.2. The van der Waals surface area contributed by atoms with E-state index in [9.17, 15) is 0 Å². The van der Waals surface area contributed by atoms with Gasteiger partial charge in [-0.25, -0.2) is 0 Å². The summed E-state index contributed by atoms with van der Waals surface area (Å²) in [6, 6.07) is 13.5. The van der Waals surface area contributed by atoms with E-state index in [1.807, 2.05) is 36.4 Å². The molecule has 4 rings (SSSR count). The van der Waals surface area contributed by atoms with E-state index in [2.05, 4.69) is 69.6 Å². The highest BCUT2D eigenvalue weighted by atomic mass is 79.9. The van der Waals surface area contributed by atoms with Gasteiger partial charge in [0.05, 0.1) is 13.7 Å². The lowest BCUT2D eigenvalue weighted by Gasteiger charge is -2.19. The van der Waals surface area contributed by atoms with E-state index in [0.29, 0.717) is 12.0 Å². The third kappa shape index (κ3) is 11.7. The standard InChI is InChI=1S/C17H20.C10H15N.C6H5Br.CH4/c1-17(2,3)16-11-9-15(10-12-16)13-14-7-5-4-6-8-14;1-10(2,3)8-4-6-9(11)7-5-8;7-6-4-2-1-3-5-6;/h4-12H,13H2,1-3H3;4-7H,11H2,1-3H3;1-5H;1H4/i4D,5D,6D,7D,8D;;1D,2D,3D,4D,5D;. The first-order valence-electron chi connectivity index (χ1n) is 16.3. The topological polar surface area (TPSA) is 26.0 Å². The molecule has 0 bridgehead atoms. The van der Waals surface area contributed by atoms with Gasteiger partial charge in [0.1, 0.15) is 0 Å². The Morgan fingerprint density at radius 3 is 1.42 bits per heavy atom. The van der Waals surface area contributed by atoms with E-state index >= 15 is 0 Å². The van der Waals surface area contributed by atoms with Gasteiger partial charge in [0.15, 0.2) is 0 Å². The van der Waals surface area contributed by atoms with Crippen LogP contribution in [0.25, 0.3) is 0 Å². The van der Waals surface area contributed by atoms with Crippen LogP contribution in [0.5, 0.6) is 0 Å². The van der Waals surface area contributed by atoms with Crippen LogP contribution in [0.15, 0.2) is 113 Å². The second-order valence-corrected chi connectivity index (χ2v) is 10.8. The van der Waals surface area contributed by atoms with Crippen molar-refractivity contribution < 1.29 is 13.7 Å². The van der Waals surface area contributed by atoms with Crippen LogP contribution in [-0.4, -0.2) is 0 Å². The van der Waals surface area contributed by atoms with E-state index < -0.39 is 0 Å². The van der Waals surface area contributed by atoms with Crippen molar-refractivity contribution in [3.63, 3.8) is 0 Å². The summed E-state index contributed by atoms with van der Waals surface area (Å²) in [7, 11) is 0. The molecule has 0 saturated heterocycles. The molecule has 4 aromatic rings. The van der Waals surface area contributed by atoms with Crippen molar-refractivity contribution in [2.24, 2.45) is 0 Å². The molecular formula is C34H44BrN. The zero-order chi connectivity index (χ0) is 34.6. The maximum atomic E-state index is 7.95. The van der Waals surface area contributed by atoms with Crippen LogP contribution in [0, 0.1) is 0 Å². The minimum Gasteiger partial charge on any atom is -0.399 e. The van der Waals surface area contributed by atoms with E-state index in [4.69, 9.17) is 19.4 Å². The monoisotopic (exact) mass is 555 g/mol. The third-order valence-electron chi connectivity index (χ3n) is 5.00. The molecule has 36 heavy (non-hydrogen) atoms. The highest BCUT2D eigenvalue weighted by molar-refractivity contribution is 9.10. The predicted octanol–water partition coefficient (Wildman–Crippen LogP) is 10.2. The zero-order valence-corrected chi connectivity index (χ0v) is 22.9. The molecule has 0 radical (unpaired) electrons. The Bertz CT molecular complexity index is 1510. The maximum absolute atomic E-state index is 7.95. The van der Waals surface area contributed by atoms with Crippen molar-refractivity contribution in [3.8, 4) is 0 Å². The zero-order valence-electron chi connectivity index (χ0n) is 31.3. The first-order chi connectivity index (χ1) is 20.6. The Balaban J connectivity index is 0.000000374. The fraction of sp³-hybridized carbons (Fsp3) is 0.294. The molecule has 0 aliphatic carbocycles. The Labute approximate surface area is 243 Å². The van der Waals surface area contributed by atoms with Crippen LogP contribution >= 0.6 is 15.9 Å². The summed E-state index contributed by atoms with van der Waals surface area (Å²) in [6.45, 7) is 13.0. The van der Waals surface area contributed by atoms with Crippen molar-refractivity contribution in [1.29, 1.82) is 0 Å². The fourth-order valence-corrected chi connectivity index (χ4v) is 3.11. The van der Waals surface area contributed by atoms with Crippen LogP contribution in [-0.2, 0) is 17.3 Å². The fourth-order valence-electron chi connectivity index (χ4n) is 2.91. The molecule has 4 aromatic carbocycles. The second kappa shape index (κ2) is 14.7. The normalized spacial score (nSPS) is 14.5. The largest absolute Gasteiger partial charge is 0.399 e. The van der Waals surface area contributed by atoms with Gasteiger partial charge in [-0.3, -0.25) is 0 Å². The Hall–Kier alpha value is -2.84. The van der Waals surface area contributed by atoms with Crippen LogP contribution in [0.3, 0.4) is 0 Å². The number of rotatable bonds is 2. The average molecular weight is 557 g/mol. The van der Waals surface area contributed by atoms with Crippen molar-refractivity contribution >= 4 is 21.6 Å². The summed E-state index contributed by atoms with van der Waals surface area (Å²) in [5.41, 5.74) is 10.5.